The summed E-state index contributed by atoms with van der Waals surface area (Å²) in [6, 6.07) is 130. The molecule has 0 N–H and O–H groups in total. The summed E-state index contributed by atoms with van der Waals surface area (Å²) in [4.78, 5) is 1.89. The summed E-state index contributed by atoms with van der Waals surface area (Å²) < 4.78 is 0. The first-order chi connectivity index (χ1) is 39.5. The first-order valence-electron chi connectivity index (χ1n) is 26.8. The van der Waals surface area contributed by atoms with Crippen molar-refractivity contribution in [3.05, 3.63) is 364 Å². The van der Waals surface area contributed by atoms with Crippen LogP contribution in [-0.4, -0.2) is 17.5 Å². The van der Waals surface area contributed by atoms with E-state index in [1.165, 1.54) is 63.7 Å². The zero-order chi connectivity index (χ0) is 55.2. The Morgan fingerprint density at radius 2 is 0.238 bits per heavy atom. The molecular weight excluding hydrogens is 1640 g/mol. The molecule has 0 atom stereocenters. The van der Waals surface area contributed by atoms with Crippen molar-refractivity contribution in [2.75, 3.05) is 0 Å². The molecule has 0 saturated carbocycles. The van der Waals surface area contributed by atoms with Gasteiger partial charge in [-0.3, -0.25) is 0 Å². The quantitative estimate of drug-likeness (QED) is 0.0517. The van der Waals surface area contributed by atoms with Crippen molar-refractivity contribution >= 4 is 158 Å². The summed E-state index contributed by atoms with van der Waals surface area (Å²) in [7, 11) is 6.96. The van der Waals surface area contributed by atoms with Gasteiger partial charge >= 0.3 is 40.3 Å². The number of hydrogen-bond donors (Lipinski definition) is 0. The van der Waals surface area contributed by atoms with E-state index in [1.807, 2.05) is 4.94 Å². The zero-order valence-electron chi connectivity index (χ0n) is 46.4. The van der Waals surface area contributed by atoms with Crippen LogP contribution in [0.2, 0.25) is 4.94 Å². The predicted octanol–water partition coefficient (Wildman–Crippen LogP) is 13.7. The van der Waals surface area contributed by atoms with Gasteiger partial charge in [-0.25, -0.2) is 0 Å². The van der Waals surface area contributed by atoms with Gasteiger partial charge in [0.2, 0.25) is 0 Å². The first-order valence-corrected chi connectivity index (χ1v) is 42.9. The third-order valence-electron chi connectivity index (χ3n) is 12.7. The summed E-state index contributed by atoms with van der Waals surface area (Å²) in [6.45, 7) is 0. The molecule has 428 valence electrons. The minimum atomic E-state index is -1.60. The molecule has 0 bridgehead atoms. The molecule has 0 heterocycles. The van der Waals surface area contributed by atoms with Gasteiger partial charge < -0.3 is 27.0 Å². The minimum absolute atomic E-state index is 0. The molecule has 0 aliphatic carbocycles. The Bertz CT molecular complexity index is 2670. The molecule has 0 amide bonds. The predicted molar refractivity (Wildman–Crippen MR) is 387 cm³/mol. The molecule has 0 nitrogen and oxygen atoms in total. The maximum Gasteiger partial charge on any atom is 0.102 e. The number of rotatable bonds is 12. The van der Waals surface area contributed by atoms with E-state index in [4.69, 9.17) is 17.8 Å². The van der Waals surface area contributed by atoms with Gasteiger partial charge in [0.15, 0.2) is 0 Å². The SMILES string of the molecule is [CH3][Sn+]([Cl])[Cl].[Pt].[Pt].[SH-].[SH-].c1ccc([PH+](c2ccccc2)c2ccccc2)cc1.c1ccc([PH+](c2ccccc2)c2ccccc2)cc1.c1ccc([PH+](c2ccccc2)c2ccccc2)cc1.c1ccc([PH+](c2ccccc2)c2ccccc2)cc1. The number of thiol groups is 2. The molecular formula is C73H69Cl2P4Pt2S2Sn+3. The van der Waals surface area contributed by atoms with E-state index in [1.54, 1.807) is 0 Å². The number of hydrogen-bond acceptors (Lipinski definition) is 2. The van der Waals surface area contributed by atoms with Gasteiger partial charge in [-0.05, 0) is 146 Å². The van der Waals surface area contributed by atoms with Gasteiger partial charge in [-0.2, -0.15) is 0 Å². The Morgan fingerprint density at radius 1 is 0.179 bits per heavy atom. The molecule has 12 rings (SSSR count). The van der Waals surface area contributed by atoms with E-state index < -0.39 is 49.2 Å². The van der Waals surface area contributed by atoms with E-state index in [0.29, 0.717) is 0 Å². The van der Waals surface area contributed by atoms with Crippen LogP contribution in [0, 0.1) is 0 Å². The van der Waals surface area contributed by atoms with Crippen molar-refractivity contribution in [3.63, 3.8) is 0 Å². The second-order valence-corrected chi connectivity index (χ2v) is 39.7. The fourth-order valence-corrected chi connectivity index (χ4v) is 19.6. The second-order valence-electron chi connectivity index (χ2n) is 18.3. The average molecular weight is 1710 g/mol. The van der Waals surface area contributed by atoms with Crippen LogP contribution in [0.4, 0.5) is 0 Å². The average Bonchev–Trinajstić information content (AvgIpc) is 3.72. The van der Waals surface area contributed by atoms with Crippen molar-refractivity contribution in [1.29, 1.82) is 0 Å². The summed E-state index contributed by atoms with van der Waals surface area (Å²) in [5.41, 5.74) is 0. The molecule has 0 aliphatic heterocycles. The number of benzene rings is 12. The summed E-state index contributed by atoms with van der Waals surface area (Å²) in [6.07, 6.45) is 0. The minimum Gasteiger partial charge on any atom is -0.813 e. The standard InChI is InChI=1S/4C18H15P.CH3.2ClH.2Pt.2H2S.Sn/c4*1-4-10-16(11-5-1)19(17-12-6-2-7-13-17)18-14-8-3-9-15-18;;;;;;;;/h4*1-15H;1H3;2*1H;;;2*1H2;/q;;;;;;;;;;;+3. The van der Waals surface area contributed by atoms with Crippen LogP contribution in [0.25, 0.3) is 0 Å². The Balaban J connectivity index is 0.000000231. The van der Waals surface area contributed by atoms with Crippen molar-refractivity contribution < 1.29 is 42.1 Å². The molecule has 11 heteroatoms. The normalized spacial score (nSPS) is 9.89. The van der Waals surface area contributed by atoms with Gasteiger partial charge in [0.05, 0.1) is 31.7 Å². The van der Waals surface area contributed by atoms with Gasteiger partial charge in [0.1, 0.15) is 63.7 Å². The van der Waals surface area contributed by atoms with Crippen LogP contribution >= 0.6 is 49.5 Å². The molecule has 0 fully saturated rings. The van der Waals surface area contributed by atoms with Crippen molar-refractivity contribution in [2.24, 2.45) is 0 Å². The van der Waals surface area contributed by atoms with E-state index >= 15 is 0 Å². The van der Waals surface area contributed by atoms with Crippen molar-refractivity contribution in [2.45, 2.75) is 4.94 Å². The molecule has 0 radical (unpaired) electrons. The zero-order valence-corrected chi connectivity index (χ0v) is 61.1. The molecule has 0 aromatic heterocycles. The Hall–Kier alpha value is -4.18. The van der Waals surface area contributed by atoms with E-state index in [2.05, 4.69) is 364 Å². The molecule has 0 saturated heterocycles. The first kappa shape index (κ1) is 72.3. The van der Waals surface area contributed by atoms with Gasteiger partial charge in [-0.1, -0.05) is 218 Å². The number of halogens is 2. The fourth-order valence-electron chi connectivity index (χ4n) is 9.26. The molecule has 0 spiro atoms. The summed E-state index contributed by atoms with van der Waals surface area (Å²) >= 11 is -1.60. The van der Waals surface area contributed by atoms with Crippen LogP contribution in [-0.2, 0) is 69.1 Å². The van der Waals surface area contributed by atoms with Gasteiger partial charge in [-0.15, -0.1) is 0 Å². The summed E-state index contributed by atoms with van der Waals surface area (Å²) in [5, 5.41) is 17.2. The molecule has 0 aliphatic rings. The Labute approximate surface area is 562 Å². The van der Waals surface area contributed by atoms with Crippen molar-refractivity contribution in [3.8, 4) is 0 Å². The topological polar surface area (TPSA) is 0 Å². The van der Waals surface area contributed by atoms with Crippen LogP contribution in [0.3, 0.4) is 0 Å². The monoisotopic (exact) mass is 1710 g/mol. The van der Waals surface area contributed by atoms with Gasteiger partial charge in [0.25, 0.3) is 0 Å². The van der Waals surface area contributed by atoms with E-state index in [0.717, 1.165) is 0 Å². The smallest absolute Gasteiger partial charge is 0.102 e. The van der Waals surface area contributed by atoms with E-state index in [9.17, 15) is 0 Å². The van der Waals surface area contributed by atoms with E-state index in [-0.39, 0.29) is 69.1 Å². The molecule has 84 heavy (non-hydrogen) atoms. The van der Waals surface area contributed by atoms with Crippen LogP contribution in [0.1, 0.15) is 0 Å². The largest absolute Gasteiger partial charge is 0.813 e. The third-order valence-corrected chi connectivity index (χ3v) is 23.7. The molecule has 12 aromatic rings. The second kappa shape index (κ2) is 41.8. The Morgan fingerprint density at radius 3 is 0.298 bits per heavy atom. The van der Waals surface area contributed by atoms with Crippen LogP contribution in [0.5, 0.6) is 0 Å². The molecule has 12 aromatic carbocycles. The Kier molecular flexibility index (Phi) is 36.0. The maximum atomic E-state index is 5.24. The van der Waals surface area contributed by atoms with Crippen LogP contribution in [0.15, 0.2) is 364 Å². The summed E-state index contributed by atoms with van der Waals surface area (Å²) in [5.74, 6) is 0. The molecule has 0 unspecified atom stereocenters. The van der Waals surface area contributed by atoms with Crippen LogP contribution < -0.4 is 63.7 Å². The fraction of sp³-hybridized carbons (Fsp3) is 0.0137. The maximum absolute atomic E-state index is 5.24. The third kappa shape index (κ3) is 23.5. The van der Waals surface area contributed by atoms with Gasteiger partial charge in [0, 0.05) is 42.1 Å². The van der Waals surface area contributed by atoms with Crippen molar-refractivity contribution in [1.82, 2.24) is 0 Å².